The van der Waals surface area contributed by atoms with E-state index in [0.29, 0.717) is 10.7 Å². The van der Waals surface area contributed by atoms with Crippen molar-refractivity contribution in [1.82, 2.24) is 15.5 Å². The first kappa shape index (κ1) is 25.0. The van der Waals surface area contributed by atoms with Gasteiger partial charge in [0.2, 0.25) is 11.8 Å². The number of nitrogens with one attached hydrogen (secondary N) is 2. The molecule has 0 bridgehead atoms. The molecule has 0 spiro atoms. The van der Waals surface area contributed by atoms with Crippen LogP contribution in [0, 0.1) is 12.8 Å². The number of anilines is 1. The van der Waals surface area contributed by atoms with Crippen molar-refractivity contribution in [3.8, 4) is 0 Å². The molecule has 2 N–H and O–H groups in total. The van der Waals surface area contributed by atoms with Crippen molar-refractivity contribution in [2.24, 2.45) is 5.92 Å². The Morgan fingerprint density at radius 1 is 1.29 bits per heavy atom. The first-order valence-corrected chi connectivity index (χ1v) is 11.4. The Balaban J connectivity index is 2.00. The van der Waals surface area contributed by atoms with Crippen LogP contribution in [0.4, 0.5) is 10.5 Å². The van der Waals surface area contributed by atoms with E-state index in [4.69, 9.17) is 20.8 Å². The first-order valence-electron chi connectivity index (χ1n) is 10.0. The van der Waals surface area contributed by atoms with Gasteiger partial charge < -0.3 is 19.8 Å². The Bertz CT molecular complexity index is 913. The zero-order valence-corrected chi connectivity index (χ0v) is 20.2. The molecule has 31 heavy (non-hydrogen) atoms. The molecule has 1 aromatic carbocycles. The van der Waals surface area contributed by atoms with E-state index in [1.807, 2.05) is 20.8 Å². The van der Waals surface area contributed by atoms with E-state index in [1.54, 1.807) is 39.0 Å². The Hall–Kier alpha value is -2.26. The molecule has 0 unspecified atom stereocenters. The zero-order valence-electron chi connectivity index (χ0n) is 18.6. The van der Waals surface area contributed by atoms with E-state index in [1.165, 1.54) is 0 Å². The van der Waals surface area contributed by atoms with Gasteiger partial charge in [-0.25, -0.2) is 4.79 Å². The summed E-state index contributed by atoms with van der Waals surface area (Å²) in [6, 6.07) is 4.83. The van der Waals surface area contributed by atoms with Gasteiger partial charge in [-0.2, -0.15) is 0 Å². The molecule has 1 aromatic heterocycles. The third-order valence-corrected chi connectivity index (χ3v) is 5.67. The van der Waals surface area contributed by atoms with Crippen molar-refractivity contribution in [2.45, 2.75) is 64.8 Å². The number of carbonyl (C=O) groups excluding carboxylic acids is 2. The van der Waals surface area contributed by atoms with Gasteiger partial charge in [0, 0.05) is 10.7 Å². The molecule has 8 nitrogen and oxygen atoms in total. The molecule has 2 amide bonds. The number of thioether (sulfide) groups is 1. The summed E-state index contributed by atoms with van der Waals surface area (Å²) in [5.41, 5.74) is 0.837. The highest BCUT2D eigenvalue weighted by atomic mass is 35.5. The van der Waals surface area contributed by atoms with Gasteiger partial charge in [-0.15, -0.1) is 10.2 Å². The lowest BCUT2D eigenvalue weighted by Gasteiger charge is -2.24. The summed E-state index contributed by atoms with van der Waals surface area (Å²) in [4.78, 5) is 24.5. The van der Waals surface area contributed by atoms with Gasteiger partial charge in [0.25, 0.3) is 5.22 Å². The van der Waals surface area contributed by atoms with E-state index in [2.05, 4.69) is 20.8 Å². The van der Waals surface area contributed by atoms with Crippen molar-refractivity contribution in [3.63, 3.8) is 0 Å². The van der Waals surface area contributed by atoms with E-state index in [9.17, 15) is 9.59 Å². The van der Waals surface area contributed by atoms with Crippen LogP contribution in [0.5, 0.6) is 0 Å². The summed E-state index contributed by atoms with van der Waals surface area (Å²) in [5, 5.41) is 14.5. The molecular weight excluding hydrogens is 440 g/mol. The van der Waals surface area contributed by atoms with Crippen molar-refractivity contribution < 1.29 is 18.7 Å². The van der Waals surface area contributed by atoms with Gasteiger partial charge in [0.1, 0.15) is 11.6 Å². The number of nitrogens with zero attached hydrogens (tertiary/aromatic N) is 2. The van der Waals surface area contributed by atoms with Crippen LogP contribution in [0.1, 0.15) is 58.5 Å². The molecule has 2 rings (SSSR count). The topological polar surface area (TPSA) is 106 Å². The largest absolute Gasteiger partial charge is 0.444 e. The van der Waals surface area contributed by atoms with Crippen LogP contribution in [-0.2, 0) is 9.53 Å². The van der Waals surface area contributed by atoms with Crippen LogP contribution in [0.2, 0.25) is 5.02 Å². The summed E-state index contributed by atoms with van der Waals surface area (Å²) in [6.07, 6.45) is 0.230. The second-order valence-electron chi connectivity index (χ2n) is 8.16. The summed E-state index contributed by atoms with van der Waals surface area (Å²) in [6.45, 7) is 11.2. The molecule has 1 heterocycles. The maximum atomic E-state index is 12.3. The normalized spacial score (nSPS) is 13.4. The third-order valence-electron chi connectivity index (χ3n) is 4.44. The Kier molecular flexibility index (Phi) is 8.76. The molecule has 0 aliphatic rings. The van der Waals surface area contributed by atoms with Crippen molar-refractivity contribution in [2.75, 3.05) is 11.1 Å². The number of alkyl carbamates (subject to hydrolysis) is 1. The summed E-state index contributed by atoms with van der Waals surface area (Å²) in [5.74, 6) is 0.176. The Morgan fingerprint density at radius 2 is 2.00 bits per heavy atom. The number of hydrogen-bond donors (Lipinski definition) is 2. The lowest BCUT2D eigenvalue weighted by Crippen LogP contribution is -2.37. The number of carbonyl (C=O) groups is 2. The summed E-state index contributed by atoms with van der Waals surface area (Å²) < 4.78 is 11.0. The van der Waals surface area contributed by atoms with E-state index >= 15 is 0 Å². The fourth-order valence-corrected chi connectivity index (χ4v) is 3.32. The van der Waals surface area contributed by atoms with Gasteiger partial charge in [0.15, 0.2) is 0 Å². The maximum Gasteiger partial charge on any atom is 0.408 e. The fourth-order valence-electron chi connectivity index (χ4n) is 2.58. The van der Waals surface area contributed by atoms with Crippen molar-refractivity contribution in [1.29, 1.82) is 0 Å². The molecule has 0 saturated carbocycles. The molecule has 0 aliphatic carbocycles. The van der Waals surface area contributed by atoms with Crippen LogP contribution in [0.15, 0.2) is 27.8 Å². The number of amides is 2. The number of hydrogen-bond acceptors (Lipinski definition) is 7. The van der Waals surface area contributed by atoms with Crippen molar-refractivity contribution >= 4 is 41.1 Å². The molecule has 2 aromatic rings. The fraction of sp³-hybridized carbons (Fsp3) is 0.524. The summed E-state index contributed by atoms with van der Waals surface area (Å²) >= 11 is 7.20. The van der Waals surface area contributed by atoms with Gasteiger partial charge in [-0.3, -0.25) is 4.79 Å². The molecular formula is C21H29ClN4O4S. The van der Waals surface area contributed by atoms with Crippen molar-refractivity contribution in [3.05, 3.63) is 34.7 Å². The summed E-state index contributed by atoms with van der Waals surface area (Å²) in [7, 11) is 0. The van der Waals surface area contributed by atoms with Crippen LogP contribution in [0.3, 0.4) is 0 Å². The molecule has 0 saturated heterocycles. The number of aromatic nitrogens is 2. The second kappa shape index (κ2) is 10.9. The SMILES string of the molecule is CC[C@H](C)[C@H](NC(=O)OC(C)(C)C)c1nnc(SCC(=O)Nc2cccc(Cl)c2C)o1. The Morgan fingerprint density at radius 3 is 2.65 bits per heavy atom. The standard InChI is InChI=1S/C21H29ClN4O4S/c1-7-12(2)17(24-19(28)30-21(4,5)6)18-25-26-20(29-18)31-11-16(27)23-15-10-8-9-14(22)13(15)3/h8-10,12,17H,7,11H2,1-6H3,(H,23,27)(H,24,28)/t12-,17-/m0/s1. The van der Waals surface area contributed by atoms with E-state index in [-0.39, 0.29) is 28.7 Å². The average Bonchev–Trinajstić information content (AvgIpc) is 3.15. The maximum absolute atomic E-state index is 12.3. The minimum Gasteiger partial charge on any atom is -0.444 e. The van der Waals surface area contributed by atoms with Gasteiger partial charge >= 0.3 is 6.09 Å². The number of rotatable bonds is 8. The van der Waals surface area contributed by atoms with Crippen LogP contribution < -0.4 is 10.6 Å². The predicted octanol–water partition coefficient (Wildman–Crippen LogP) is 5.37. The number of ether oxygens (including phenoxy) is 1. The minimum atomic E-state index is -0.616. The molecule has 0 radical (unpaired) electrons. The molecule has 2 atom stereocenters. The second-order valence-corrected chi connectivity index (χ2v) is 9.50. The van der Waals surface area contributed by atoms with Crippen LogP contribution in [0.25, 0.3) is 0 Å². The molecule has 170 valence electrons. The lowest BCUT2D eigenvalue weighted by atomic mass is 9.99. The predicted molar refractivity (Wildman–Crippen MR) is 121 cm³/mol. The third kappa shape index (κ3) is 7.74. The molecule has 0 aliphatic heterocycles. The highest BCUT2D eigenvalue weighted by Crippen LogP contribution is 2.27. The molecule has 0 fully saturated rings. The van der Waals surface area contributed by atoms with Crippen LogP contribution >= 0.6 is 23.4 Å². The first-order chi connectivity index (χ1) is 14.5. The zero-order chi connectivity index (χ0) is 23.2. The smallest absolute Gasteiger partial charge is 0.408 e. The average molecular weight is 469 g/mol. The van der Waals surface area contributed by atoms with Gasteiger partial charge in [-0.05, 0) is 51.3 Å². The van der Waals surface area contributed by atoms with Gasteiger partial charge in [0.05, 0.1) is 5.75 Å². The monoisotopic (exact) mass is 468 g/mol. The number of benzene rings is 1. The van der Waals surface area contributed by atoms with Crippen LogP contribution in [-0.4, -0.2) is 33.6 Å². The highest BCUT2D eigenvalue weighted by Gasteiger charge is 2.28. The quantitative estimate of drug-likeness (QED) is 0.501. The number of halogens is 1. The van der Waals surface area contributed by atoms with E-state index < -0.39 is 17.7 Å². The molecule has 10 heteroatoms. The highest BCUT2D eigenvalue weighted by molar-refractivity contribution is 7.99. The van der Waals surface area contributed by atoms with Gasteiger partial charge in [-0.1, -0.05) is 49.7 Å². The minimum absolute atomic E-state index is 0.0416. The van der Waals surface area contributed by atoms with E-state index in [0.717, 1.165) is 23.7 Å². The lowest BCUT2D eigenvalue weighted by molar-refractivity contribution is -0.113. The Labute approximate surface area is 191 Å².